The van der Waals surface area contributed by atoms with Gasteiger partial charge in [-0.05, 0) is 17.7 Å². The second-order valence-electron chi connectivity index (χ2n) is 5.33. The summed E-state index contributed by atoms with van der Waals surface area (Å²) in [6.45, 7) is -0.0624. The van der Waals surface area contributed by atoms with E-state index in [1.807, 2.05) is 0 Å². The van der Waals surface area contributed by atoms with Gasteiger partial charge in [-0.15, -0.1) is 0 Å². The number of nitrogens with one attached hydrogen (secondary N) is 2. The Hall–Kier alpha value is -1.80. The average molecular weight is 332 g/mol. The third-order valence-corrected chi connectivity index (χ3v) is 3.47. The molecule has 128 valence electrons. The van der Waals surface area contributed by atoms with E-state index in [1.54, 1.807) is 19.2 Å². The summed E-state index contributed by atoms with van der Waals surface area (Å²) in [7, 11) is 1.58. The van der Waals surface area contributed by atoms with Gasteiger partial charge in [0.25, 0.3) is 0 Å². The minimum absolute atomic E-state index is 0.0656. The van der Waals surface area contributed by atoms with Crippen LogP contribution in [0.2, 0.25) is 0 Å². The number of methoxy groups -OCH3 is 1. The van der Waals surface area contributed by atoms with Crippen molar-refractivity contribution in [1.29, 1.82) is 0 Å². The number of carbonyl (C=O) groups is 1. The number of hydrogen-bond donors (Lipinski definition) is 2. The normalized spacial score (nSPS) is 21.2. The van der Waals surface area contributed by atoms with E-state index in [1.165, 1.54) is 12.1 Å². The topological polar surface area (TPSA) is 59.6 Å². The number of alkyl halides is 3. The third-order valence-electron chi connectivity index (χ3n) is 3.47. The first-order valence-corrected chi connectivity index (χ1v) is 7.19. The van der Waals surface area contributed by atoms with Crippen molar-refractivity contribution < 1.29 is 27.4 Å². The molecule has 1 aromatic rings. The van der Waals surface area contributed by atoms with Gasteiger partial charge in [0.1, 0.15) is 5.75 Å². The summed E-state index contributed by atoms with van der Waals surface area (Å²) >= 11 is 0. The molecule has 5 nitrogen and oxygen atoms in total. The maximum atomic E-state index is 12.1. The van der Waals surface area contributed by atoms with Crippen molar-refractivity contribution in [3.05, 3.63) is 29.8 Å². The molecule has 0 radical (unpaired) electrons. The number of amides is 1. The quantitative estimate of drug-likeness (QED) is 0.824. The first-order chi connectivity index (χ1) is 10.9. The van der Waals surface area contributed by atoms with E-state index < -0.39 is 12.8 Å². The number of benzene rings is 1. The molecule has 0 aliphatic carbocycles. The standard InChI is InChI=1S/C15H19F3N2O3/c1-22-13-8-19-7-12(13)20-14(21)6-10-3-2-4-11(5-10)23-9-15(16,17)18/h2-5,12-13,19H,6-9H2,1H3,(H,20,21)/t12?,13-/m0/s1. The molecule has 2 N–H and O–H groups in total. The fraction of sp³-hybridized carbons (Fsp3) is 0.533. The highest BCUT2D eigenvalue weighted by Crippen LogP contribution is 2.19. The summed E-state index contributed by atoms with van der Waals surface area (Å²) in [6, 6.07) is 5.97. The van der Waals surface area contributed by atoms with Gasteiger partial charge in [0.2, 0.25) is 5.91 Å². The lowest BCUT2D eigenvalue weighted by Crippen LogP contribution is -2.44. The Morgan fingerprint density at radius 2 is 2.17 bits per heavy atom. The van der Waals surface area contributed by atoms with Crippen molar-refractivity contribution >= 4 is 5.91 Å². The molecule has 1 aliphatic heterocycles. The van der Waals surface area contributed by atoms with Crippen molar-refractivity contribution in [3.63, 3.8) is 0 Å². The molecule has 0 aromatic heterocycles. The largest absolute Gasteiger partial charge is 0.484 e. The van der Waals surface area contributed by atoms with Crippen LogP contribution in [0.3, 0.4) is 0 Å². The summed E-state index contributed by atoms with van der Waals surface area (Å²) in [5.74, 6) is -0.126. The van der Waals surface area contributed by atoms with Crippen LogP contribution in [0.5, 0.6) is 5.75 Å². The van der Waals surface area contributed by atoms with E-state index in [0.717, 1.165) is 0 Å². The van der Waals surface area contributed by atoms with Crippen LogP contribution in [0.25, 0.3) is 0 Å². The molecule has 1 aliphatic rings. The zero-order valence-corrected chi connectivity index (χ0v) is 12.7. The van der Waals surface area contributed by atoms with Crippen molar-refractivity contribution in [1.82, 2.24) is 10.6 Å². The molecule has 1 saturated heterocycles. The Balaban J connectivity index is 1.88. The van der Waals surface area contributed by atoms with E-state index >= 15 is 0 Å². The highest BCUT2D eigenvalue weighted by molar-refractivity contribution is 5.79. The van der Waals surface area contributed by atoms with Crippen molar-refractivity contribution in [2.45, 2.75) is 24.7 Å². The van der Waals surface area contributed by atoms with Gasteiger partial charge in [0, 0.05) is 20.2 Å². The Bertz CT molecular complexity index is 537. The summed E-state index contributed by atoms with van der Waals surface area (Å²) in [5.41, 5.74) is 0.585. The third kappa shape index (κ3) is 5.72. The van der Waals surface area contributed by atoms with Crippen LogP contribution >= 0.6 is 0 Å². The molecule has 0 saturated carbocycles. The van der Waals surface area contributed by atoms with Crippen molar-refractivity contribution in [2.24, 2.45) is 0 Å². The van der Waals surface area contributed by atoms with Gasteiger partial charge in [0.15, 0.2) is 6.61 Å². The lowest BCUT2D eigenvalue weighted by atomic mass is 10.1. The van der Waals surface area contributed by atoms with E-state index in [9.17, 15) is 18.0 Å². The number of hydrogen-bond acceptors (Lipinski definition) is 4. The van der Waals surface area contributed by atoms with Gasteiger partial charge >= 0.3 is 6.18 Å². The average Bonchev–Trinajstić information content (AvgIpc) is 2.92. The van der Waals surface area contributed by atoms with Crippen LogP contribution in [0.15, 0.2) is 24.3 Å². The van der Waals surface area contributed by atoms with Crippen LogP contribution in [0.1, 0.15) is 5.56 Å². The van der Waals surface area contributed by atoms with Gasteiger partial charge in [0.05, 0.1) is 18.6 Å². The second-order valence-corrected chi connectivity index (χ2v) is 5.33. The maximum absolute atomic E-state index is 12.1. The molecule has 0 bridgehead atoms. The number of ether oxygens (including phenoxy) is 2. The number of rotatable bonds is 6. The Morgan fingerprint density at radius 3 is 2.87 bits per heavy atom. The van der Waals surface area contributed by atoms with Crippen LogP contribution < -0.4 is 15.4 Å². The Kier molecular flexibility index (Phi) is 5.84. The lowest BCUT2D eigenvalue weighted by molar-refractivity contribution is -0.153. The summed E-state index contributed by atoms with van der Waals surface area (Å²) < 4.78 is 46.4. The predicted octanol–water partition coefficient (Wildman–Crippen LogP) is 1.27. The zero-order chi connectivity index (χ0) is 16.9. The summed E-state index contributed by atoms with van der Waals surface area (Å²) in [6.07, 6.45) is -4.41. The van der Waals surface area contributed by atoms with E-state index in [-0.39, 0.29) is 30.2 Å². The van der Waals surface area contributed by atoms with Crippen molar-refractivity contribution in [3.8, 4) is 5.75 Å². The fourth-order valence-corrected chi connectivity index (χ4v) is 2.40. The Labute approximate surface area is 132 Å². The minimum atomic E-state index is -4.39. The molecular formula is C15H19F3N2O3. The molecule has 2 atom stereocenters. The molecule has 1 aromatic carbocycles. The van der Waals surface area contributed by atoms with Crippen LogP contribution in [-0.2, 0) is 16.0 Å². The first-order valence-electron chi connectivity index (χ1n) is 7.19. The lowest BCUT2D eigenvalue weighted by Gasteiger charge is -2.18. The minimum Gasteiger partial charge on any atom is -0.484 e. The van der Waals surface area contributed by atoms with Gasteiger partial charge < -0.3 is 20.1 Å². The van der Waals surface area contributed by atoms with E-state index in [2.05, 4.69) is 15.4 Å². The monoisotopic (exact) mass is 332 g/mol. The number of carbonyl (C=O) groups excluding carboxylic acids is 1. The number of halogens is 3. The second kappa shape index (κ2) is 7.65. The van der Waals surface area contributed by atoms with Crippen LogP contribution in [0.4, 0.5) is 13.2 Å². The molecule has 8 heteroatoms. The SMILES string of the molecule is CO[C@H]1CNCC1NC(=O)Cc1cccc(OCC(F)(F)F)c1. The predicted molar refractivity (Wildman–Crippen MR) is 77.3 cm³/mol. The van der Waals surface area contributed by atoms with Gasteiger partial charge in [-0.25, -0.2) is 0 Å². The first kappa shape index (κ1) is 17.6. The maximum Gasteiger partial charge on any atom is 0.422 e. The zero-order valence-electron chi connectivity index (χ0n) is 12.7. The summed E-state index contributed by atoms with van der Waals surface area (Å²) in [5, 5.41) is 5.97. The fourth-order valence-electron chi connectivity index (χ4n) is 2.40. The van der Waals surface area contributed by atoms with Crippen LogP contribution in [0, 0.1) is 0 Å². The summed E-state index contributed by atoms with van der Waals surface area (Å²) in [4.78, 5) is 12.0. The highest BCUT2D eigenvalue weighted by Gasteiger charge is 2.29. The smallest absolute Gasteiger partial charge is 0.422 e. The molecule has 1 unspecified atom stereocenters. The molecule has 1 heterocycles. The highest BCUT2D eigenvalue weighted by atomic mass is 19.4. The molecule has 0 spiro atoms. The van der Waals surface area contributed by atoms with Crippen LogP contribution in [-0.4, -0.2) is 51.0 Å². The molecule has 23 heavy (non-hydrogen) atoms. The molecule has 1 amide bonds. The van der Waals surface area contributed by atoms with Gasteiger partial charge in [-0.3, -0.25) is 4.79 Å². The molecule has 1 fully saturated rings. The van der Waals surface area contributed by atoms with E-state index in [4.69, 9.17) is 4.74 Å². The van der Waals surface area contributed by atoms with Gasteiger partial charge in [-0.2, -0.15) is 13.2 Å². The van der Waals surface area contributed by atoms with Gasteiger partial charge in [-0.1, -0.05) is 12.1 Å². The molecule has 2 rings (SSSR count). The Morgan fingerprint density at radius 1 is 1.39 bits per heavy atom. The van der Waals surface area contributed by atoms with Crippen molar-refractivity contribution in [2.75, 3.05) is 26.8 Å². The molecular weight excluding hydrogens is 313 g/mol. The van der Waals surface area contributed by atoms with E-state index in [0.29, 0.717) is 18.7 Å².